The lowest BCUT2D eigenvalue weighted by Gasteiger charge is -2.24. The van der Waals surface area contributed by atoms with Crippen molar-refractivity contribution >= 4 is 5.69 Å². The van der Waals surface area contributed by atoms with Gasteiger partial charge in [-0.2, -0.15) is 0 Å². The van der Waals surface area contributed by atoms with Gasteiger partial charge in [0.15, 0.2) is 0 Å². The Morgan fingerprint density at radius 2 is 1.89 bits per heavy atom. The molecule has 0 radical (unpaired) electrons. The normalized spacial score (nSPS) is 26.8. The van der Waals surface area contributed by atoms with E-state index in [1.165, 1.54) is 11.3 Å². The number of hydrogen-bond donors (Lipinski definition) is 2. The van der Waals surface area contributed by atoms with Crippen molar-refractivity contribution < 1.29 is 5.11 Å². The van der Waals surface area contributed by atoms with Crippen LogP contribution in [0.25, 0.3) is 0 Å². The molecule has 0 saturated carbocycles. The Bertz CT molecular complexity index is 384. The van der Waals surface area contributed by atoms with Gasteiger partial charge in [-0.05, 0) is 50.8 Å². The number of aliphatic hydroxyl groups is 1. The number of nitrogens with two attached hydrogens (primary N) is 1. The third-order valence-electron chi connectivity index (χ3n) is 3.85. The number of rotatable bonds is 2. The third-order valence-corrected chi connectivity index (χ3v) is 3.85. The lowest BCUT2D eigenvalue weighted by atomic mass is 9.98. The third kappa shape index (κ3) is 3.24. The summed E-state index contributed by atoms with van der Waals surface area (Å²) in [6.45, 7) is 5.88. The van der Waals surface area contributed by atoms with Crippen molar-refractivity contribution in [2.24, 2.45) is 5.73 Å². The van der Waals surface area contributed by atoms with Crippen LogP contribution < -0.4 is 10.6 Å². The van der Waals surface area contributed by atoms with Gasteiger partial charge < -0.3 is 15.7 Å². The van der Waals surface area contributed by atoms with Crippen LogP contribution in [0.15, 0.2) is 24.3 Å². The van der Waals surface area contributed by atoms with E-state index in [1.54, 1.807) is 0 Å². The molecule has 0 spiro atoms. The van der Waals surface area contributed by atoms with Crippen molar-refractivity contribution in [2.45, 2.75) is 44.8 Å². The van der Waals surface area contributed by atoms with Gasteiger partial charge in [-0.15, -0.1) is 0 Å². The van der Waals surface area contributed by atoms with Crippen LogP contribution in [-0.2, 0) is 0 Å². The first kappa shape index (κ1) is 13.4. The Morgan fingerprint density at radius 1 is 1.22 bits per heavy atom. The second-order valence-corrected chi connectivity index (χ2v) is 5.72. The van der Waals surface area contributed by atoms with Crippen LogP contribution in [-0.4, -0.2) is 23.8 Å². The summed E-state index contributed by atoms with van der Waals surface area (Å²) in [6.07, 6.45) is 2.77. The minimum Gasteiger partial charge on any atom is -0.390 e. The number of nitrogens with zero attached hydrogens (tertiary/aromatic N) is 1. The molecule has 18 heavy (non-hydrogen) atoms. The molecule has 1 aliphatic heterocycles. The second-order valence-electron chi connectivity index (χ2n) is 5.72. The zero-order valence-electron chi connectivity index (χ0n) is 11.4. The van der Waals surface area contributed by atoms with Crippen molar-refractivity contribution in [1.29, 1.82) is 0 Å². The average molecular weight is 248 g/mol. The van der Waals surface area contributed by atoms with Crippen LogP contribution >= 0.6 is 0 Å². The topological polar surface area (TPSA) is 49.5 Å². The molecular weight excluding hydrogens is 224 g/mol. The molecular formula is C15H24N2O. The highest BCUT2D eigenvalue weighted by Crippen LogP contribution is 2.26. The van der Waals surface area contributed by atoms with E-state index < -0.39 is 5.60 Å². The molecule has 1 unspecified atom stereocenters. The summed E-state index contributed by atoms with van der Waals surface area (Å²) < 4.78 is 0. The van der Waals surface area contributed by atoms with Crippen molar-refractivity contribution in [3.05, 3.63) is 29.8 Å². The standard InChI is InChI=1S/C15H24N2O/c1-12(16)13-4-6-14(7-5-13)17-10-3-8-15(2,18)9-11-17/h4-7,12,18H,3,8-11,16H2,1-2H3/t12-,15?/m0/s1. The zero-order valence-corrected chi connectivity index (χ0v) is 11.4. The Labute approximate surface area is 110 Å². The molecule has 1 heterocycles. The van der Waals surface area contributed by atoms with E-state index in [-0.39, 0.29) is 6.04 Å². The molecule has 1 aromatic carbocycles. The van der Waals surface area contributed by atoms with E-state index >= 15 is 0 Å². The molecule has 3 nitrogen and oxygen atoms in total. The maximum Gasteiger partial charge on any atom is 0.0637 e. The largest absolute Gasteiger partial charge is 0.390 e. The lowest BCUT2D eigenvalue weighted by Crippen LogP contribution is -2.28. The summed E-state index contributed by atoms with van der Waals surface area (Å²) >= 11 is 0. The van der Waals surface area contributed by atoms with E-state index in [2.05, 4.69) is 29.2 Å². The first-order chi connectivity index (χ1) is 8.48. The van der Waals surface area contributed by atoms with Crippen molar-refractivity contribution in [1.82, 2.24) is 0 Å². The molecule has 3 heteroatoms. The maximum absolute atomic E-state index is 10.1. The predicted octanol–water partition coefficient (Wildman–Crippen LogP) is 2.45. The first-order valence-electron chi connectivity index (χ1n) is 6.81. The monoisotopic (exact) mass is 248 g/mol. The van der Waals surface area contributed by atoms with Gasteiger partial charge in [0.1, 0.15) is 0 Å². The lowest BCUT2D eigenvalue weighted by molar-refractivity contribution is 0.0481. The highest BCUT2D eigenvalue weighted by molar-refractivity contribution is 5.48. The van der Waals surface area contributed by atoms with Crippen molar-refractivity contribution in [3.63, 3.8) is 0 Å². The van der Waals surface area contributed by atoms with E-state index in [0.717, 1.165) is 32.4 Å². The molecule has 1 aliphatic rings. The fourth-order valence-corrected chi connectivity index (χ4v) is 2.51. The van der Waals surface area contributed by atoms with Crippen LogP contribution in [0.1, 0.15) is 44.7 Å². The Hall–Kier alpha value is -1.06. The van der Waals surface area contributed by atoms with E-state index in [9.17, 15) is 5.11 Å². The molecule has 100 valence electrons. The minimum atomic E-state index is -0.500. The molecule has 0 amide bonds. The van der Waals surface area contributed by atoms with Crippen LogP contribution in [0.5, 0.6) is 0 Å². The van der Waals surface area contributed by atoms with Gasteiger partial charge in [0.25, 0.3) is 0 Å². The van der Waals surface area contributed by atoms with Gasteiger partial charge in [0, 0.05) is 24.8 Å². The molecule has 1 saturated heterocycles. The first-order valence-corrected chi connectivity index (χ1v) is 6.81. The second kappa shape index (κ2) is 5.29. The van der Waals surface area contributed by atoms with Crippen LogP contribution in [0.2, 0.25) is 0 Å². The van der Waals surface area contributed by atoms with Crippen LogP contribution in [0.4, 0.5) is 5.69 Å². The van der Waals surface area contributed by atoms with Gasteiger partial charge in [0.05, 0.1) is 5.60 Å². The highest BCUT2D eigenvalue weighted by Gasteiger charge is 2.24. The van der Waals surface area contributed by atoms with Crippen LogP contribution in [0, 0.1) is 0 Å². The molecule has 0 bridgehead atoms. The fourth-order valence-electron chi connectivity index (χ4n) is 2.51. The number of benzene rings is 1. The summed E-state index contributed by atoms with van der Waals surface area (Å²) in [5, 5.41) is 10.1. The summed E-state index contributed by atoms with van der Waals surface area (Å²) in [5.41, 5.74) is 7.76. The van der Waals surface area contributed by atoms with Gasteiger partial charge in [-0.3, -0.25) is 0 Å². The smallest absolute Gasteiger partial charge is 0.0637 e. The van der Waals surface area contributed by atoms with Crippen molar-refractivity contribution in [3.8, 4) is 0 Å². The summed E-state index contributed by atoms with van der Waals surface area (Å²) in [5.74, 6) is 0. The van der Waals surface area contributed by atoms with Gasteiger partial charge in [-0.1, -0.05) is 12.1 Å². The zero-order chi connectivity index (χ0) is 13.2. The Kier molecular flexibility index (Phi) is 3.93. The molecule has 3 N–H and O–H groups in total. The number of anilines is 1. The van der Waals surface area contributed by atoms with Gasteiger partial charge in [-0.25, -0.2) is 0 Å². The molecule has 1 aromatic rings. The quantitative estimate of drug-likeness (QED) is 0.845. The molecule has 0 aliphatic carbocycles. The highest BCUT2D eigenvalue weighted by atomic mass is 16.3. The Balaban J connectivity index is 2.07. The molecule has 1 fully saturated rings. The van der Waals surface area contributed by atoms with Gasteiger partial charge >= 0.3 is 0 Å². The average Bonchev–Trinajstić information content (AvgIpc) is 2.50. The van der Waals surface area contributed by atoms with E-state index in [4.69, 9.17) is 5.73 Å². The molecule has 2 atom stereocenters. The minimum absolute atomic E-state index is 0.0870. The van der Waals surface area contributed by atoms with E-state index in [1.807, 2.05) is 13.8 Å². The fraction of sp³-hybridized carbons (Fsp3) is 0.600. The molecule has 2 rings (SSSR count). The Morgan fingerprint density at radius 3 is 2.50 bits per heavy atom. The van der Waals surface area contributed by atoms with Crippen LogP contribution in [0.3, 0.4) is 0 Å². The summed E-state index contributed by atoms with van der Waals surface area (Å²) in [7, 11) is 0. The molecule has 0 aromatic heterocycles. The SMILES string of the molecule is C[C@H](N)c1ccc(N2CCCC(C)(O)CC2)cc1. The van der Waals surface area contributed by atoms with Crippen molar-refractivity contribution in [2.75, 3.05) is 18.0 Å². The van der Waals surface area contributed by atoms with Gasteiger partial charge in [0.2, 0.25) is 0 Å². The summed E-state index contributed by atoms with van der Waals surface area (Å²) in [6, 6.07) is 8.56. The summed E-state index contributed by atoms with van der Waals surface area (Å²) in [4.78, 5) is 2.35. The predicted molar refractivity (Wildman–Crippen MR) is 75.7 cm³/mol. The number of hydrogen-bond acceptors (Lipinski definition) is 3. The van der Waals surface area contributed by atoms with E-state index in [0.29, 0.717) is 0 Å². The maximum atomic E-state index is 10.1.